The Kier molecular flexibility index (Phi) is 6.94. The molecule has 0 aliphatic heterocycles. The van der Waals surface area contributed by atoms with Gasteiger partial charge in [-0.05, 0) is 62.8 Å². The van der Waals surface area contributed by atoms with Crippen molar-refractivity contribution < 1.29 is 0 Å². The first kappa shape index (κ1) is 31.6. The molecule has 12 rings (SSSR count). The largest absolute Gasteiger partial charge is 0.277 e. The summed E-state index contributed by atoms with van der Waals surface area (Å²) in [5, 5.41) is 13.3. The van der Waals surface area contributed by atoms with Gasteiger partial charge in [-0.25, -0.2) is 9.97 Å². The summed E-state index contributed by atoms with van der Waals surface area (Å²) < 4.78 is 4.93. The first-order valence-corrected chi connectivity index (χ1v) is 19.1. The highest BCUT2D eigenvalue weighted by atomic mass is 32.1. The van der Waals surface area contributed by atoms with E-state index in [1.165, 1.54) is 58.1 Å². The Morgan fingerprint density at radius 2 is 1.05 bits per heavy atom. The van der Waals surface area contributed by atoms with Crippen LogP contribution in [0.15, 0.2) is 176 Å². The fraction of sp³-hybridized carbons (Fsp3) is 0.0196. The van der Waals surface area contributed by atoms with Crippen LogP contribution < -0.4 is 0 Å². The highest BCUT2D eigenvalue weighted by molar-refractivity contribution is 7.26. The smallest absolute Gasteiger partial charge is 0.235 e. The van der Waals surface area contributed by atoms with E-state index >= 15 is 0 Å². The van der Waals surface area contributed by atoms with E-state index in [1.54, 1.807) is 0 Å². The molecule has 0 amide bonds. The van der Waals surface area contributed by atoms with Crippen molar-refractivity contribution >= 4 is 96.5 Å². The monoisotopic (exact) mass is 719 g/mol. The van der Waals surface area contributed by atoms with E-state index in [-0.39, 0.29) is 7.43 Å². The van der Waals surface area contributed by atoms with Gasteiger partial charge in [0, 0.05) is 52.8 Å². The molecule has 3 aromatic heterocycles. The minimum Gasteiger partial charge on any atom is -0.277 e. The number of benzene rings is 9. The molecule has 3 heterocycles. The molecule has 0 saturated carbocycles. The van der Waals surface area contributed by atoms with Gasteiger partial charge in [-0.3, -0.25) is 4.57 Å². The van der Waals surface area contributed by atoms with E-state index in [1.807, 2.05) is 11.3 Å². The third kappa shape index (κ3) is 4.62. The third-order valence-electron chi connectivity index (χ3n) is 11.2. The van der Waals surface area contributed by atoms with Gasteiger partial charge in [0.15, 0.2) is 0 Å². The maximum Gasteiger partial charge on any atom is 0.235 e. The van der Waals surface area contributed by atoms with Crippen LogP contribution in [-0.4, -0.2) is 14.5 Å². The number of rotatable bonds is 3. The van der Waals surface area contributed by atoms with Crippen molar-refractivity contribution in [1.29, 1.82) is 0 Å². The zero-order valence-corrected chi connectivity index (χ0v) is 29.8. The van der Waals surface area contributed by atoms with E-state index in [4.69, 9.17) is 9.97 Å². The number of hydrogen-bond donors (Lipinski definition) is 0. The molecule has 0 spiro atoms. The normalized spacial score (nSPS) is 11.9. The van der Waals surface area contributed by atoms with Gasteiger partial charge < -0.3 is 0 Å². The quantitative estimate of drug-likeness (QED) is 0.170. The summed E-state index contributed by atoms with van der Waals surface area (Å²) in [7, 11) is 0. The van der Waals surface area contributed by atoms with E-state index in [0.717, 1.165) is 49.5 Å². The summed E-state index contributed by atoms with van der Waals surface area (Å²) in [6, 6.07) is 63.6. The molecule has 4 heteroatoms. The van der Waals surface area contributed by atoms with Gasteiger partial charge in [-0.15, -0.1) is 11.3 Å². The van der Waals surface area contributed by atoms with E-state index in [9.17, 15) is 0 Å². The molecule has 258 valence electrons. The standard InChI is InChI=1S/C50H29N3S.CH4/c1-2-14-33(15-3-1)47-40-25-21-32-13-6-9-18-37(32)48(40)52-50(51-47)53-42-26-22-30-11-4-7-16-35(30)45(42)39-20-10-19-38(49(39)53)34-24-27-43-41(29-34)46-36-17-8-5-12-31(36)23-28-44(46)54-43;/h1-29H;1H4. The maximum atomic E-state index is 5.52. The van der Waals surface area contributed by atoms with Gasteiger partial charge >= 0.3 is 0 Å². The first-order chi connectivity index (χ1) is 26.8. The summed E-state index contributed by atoms with van der Waals surface area (Å²) in [5.74, 6) is 0.661. The topological polar surface area (TPSA) is 30.7 Å². The van der Waals surface area contributed by atoms with Gasteiger partial charge in [-0.1, -0.05) is 153 Å². The molecular weight excluding hydrogens is 687 g/mol. The van der Waals surface area contributed by atoms with Gasteiger partial charge in [0.05, 0.1) is 22.2 Å². The highest BCUT2D eigenvalue weighted by Gasteiger charge is 2.22. The van der Waals surface area contributed by atoms with Gasteiger partial charge in [-0.2, -0.15) is 0 Å². The van der Waals surface area contributed by atoms with Crippen LogP contribution in [0.5, 0.6) is 0 Å². The number of hydrogen-bond acceptors (Lipinski definition) is 3. The number of para-hydroxylation sites is 1. The molecule has 55 heavy (non-hydrogen) atoms. The average Bonchev–Trinajstić information content (AvgIpc) is 3.79. The molecule has 12 aromatic rings. The van der Waals surface area contributed by atoms with E-state index in [0.29, 0.717) is 5.95 Å². The summed E-state index contributed by atoms with van der Waals surface area (Å²) in [4.78, 5) is 11.0. The molecular formula is C51H33N3S. The Morgan fingerprint density at radius 3 is 1.85 bits per heavy atom. The fourth-order valence-electron chi connectivity index (χ4n) is 8.76. The predicted octanol–water partition coefficient (Wildman–Crippen LogP) is 14.5. The molecule has 0 aliphatic carbocycles. The average molecular weight is 720 g/mol. The van der Waals surface area contributed by atoms with E-state index < -0.39 is 0 Å². The molecule has 0 N–H and O–H groups in total. The molecule has 0 aliphatic rings. The second kappa shape index (κ2) is 12.1. The molecule has 0 atom stereocenters. The van der Waals surface area contributed by atoms with Crippen LogP contribution in [0.3, 0.4) is 0 Å². The van der Waals surface area contributed by atoms with Crippen LogP contribution in [0.4, 0.5) is 0 Å². The van der Waals surface area contributed by atoms with Crippen LogP contribution in [0.25, 0.3) is 114 Å². The number of aromatic nitrogens is 3. The Labute approximate surface area is 321 Å². The van der Waals surface area contributed by atoms with Crippen molar-refractivity contribution in [3.8, 4) is 28.3 Å². The van der Waals surface area contributed by atoms with Crippen molar-refractivity contribution in [1.82, 2.24) is 14.5 Å². The van der Waals surface area contributed by atoms with E-state index in [2.05, 4.69) is 180 Å². The molecule has 3 nitrogen and oxygen atoms in total. The zero-order valence-electron chi connectivity index (χ0n) is 29.0. The third-order valence-corrected chi connectivity index (χ3v) is 12.3. The van der Waals surface area contributed by atoms with Crippen molar-refractivity contribution in [3.63, 3.8) is 0 Å². The second-order valence-corrected chi connectivity index (χ2v) is 15.2. The summed E-state index contributed by atoms with van der Waals surface area (Å²) >= 11 is 1.87. The molecule has 0 fully saturated rings. The van der Waals surface area contributed by atoms with Crippen molar-refractivity contribution in [2.45, 2.75) is 7.43 Å². The molecule has 0 radical (unpaired) electrons. The minimum atomic E-state index is 0. The van der Waals surface area contributed by atoms with Gasteiger partial charge in [0.1, 0.15) is 0 Å². The van der Waals surface area contributed by atoms with Crippen LogP contribution in [0, 0.1) is 0 Å². The molecule has 0 saturated heterocycles. The summed E-state index contributed by atoms with van der Waals surface area (Å²) in [5.41, 5.74) is 7.44. The Hall–Kier alpha value is -6.88. The fourth-order valence-corrected chi connectivity index (χ4v) is 9.86. The lowest BCUT2D eigenvalue weighted by Crippen LogP contribution is -2.04. The molecule has 9 aromatic carbocycles. The second-order valence-electron chi connectivity index (χ2n) is 14.1. The van der Waals surface area contributed by atoms with Crippen LogP contribution >= 0.6 is 11.3 Å². The molecule has 0 bridgehead atoms. The summed E-state index contributed by atoms with van der Waals surface area (Å²) in [6.07, 6.45) is 0. The van der Waals surface area contributed by atoms with Crippen molar-refractivity contribution in [2.24, 2.45) is 0 Å². The zero-order chi connectivity index (χ0) is 35.3. The Morgan fingerprint density at radius 1 is 0.418 bits per heavy atom. The predicted molar refractivity (Wildman–Crippen MR) is 237 cm³/mol. The number of thiophene rings is 1. The number of nitrogens with zero attached hydrogens (tertiary/aromatic N) is 3. The molecule has 0 unspecified atom stereocenters. The minimum absolute atomic E-state index is 0. The van der Waals surface area contributed by atoms with Crippen molar-refractivity contribution in [3.05, 3.63) is 176 Å². The van der Waals surface area contributed by atoms with Crippen LogP contribution in [-0.2, 0) is 0 Å². The Bertz CT molecular complexity index is 3500. The Balaban J connectivity index is 0.00000352. The lowest BCUT2D eigenvalue weighted by Gasteiger charge is -2.15. The van der Waals surface area contributed by atoms with Gasteiger partial charge in [0.2, 0.25) is 5.95 Å². The van der Waals surface area contributed by atoms with Crippen LogP contribution in [0.1, 0.15) is 7.43 Å². The maximum absolute atomic E-state index is 5.52. The van der Waals surface area contributed by atoms with Crippen LogP contribution in [0.2, 0.25) is 0 Å². The summed E-state index contributed by atoms with van der Waals surface area (Å²) in [6.45, 7) is 0. The number of fused-ring (bicyclic) bond motifs is 13. The SMILES string of the molecule is C.c1ccc(-c2nc(-n3c4ccc5ccccc5c4c4cccc(-c5ccc6sc7ccc8ccccc8c7c6c5)c43)nc3c2ccc2ccccc23)cc1. The lowest BCUT2D eigenvalue weighted by atomic mass is 9.97. The highest BCUT2D eigenvalue weighted by Crippen LogP contribution is 2.44. The lowest BCUT2D eigenvalue weighted by molar-refractivity contribution is 1.02. The first-order valence-electron chi connectivity index (χ1n) is 18.3. The van der Waals surface area contributed by atoms with Gasteiger partial charge in [0.25, 0.3) is 0 Å². The van der Waals surface area contributed by atoms with Crippen molar-refractivity contribution in [2.75, 3.05) is 0 Å².